The van der Waals surface area contributed by atoms with Crippen molar-refractivity contribution in [3.05, 3.63) is 48.7 Å². The Morgan fingerprint density at radius 3 is 2.59 bits per heavy atom. The zero-order chi connectivity index (χ0) is 15.5. The second-order valence-electron chi connectivity index (χ2n) is 4.67. The smallest absolute Gasteiger partial charge is 0.144 e. The minimum Gasteiger partial charge on any atom is -0.497 e. The maximum absolute atomic E-state index is 5.98. The normalized spacial score (nSPS) is 10.5. The van der Waals surface area contributed by atoms with E-state index in [1.54, 1.807) is 18.9 Å². The van der Waals surface area contributed by atoms with Gasteiger partial charge in [0.25, 0.3) is 0 Å². The first-order valence-electron chi connectivity index (χ1n) is 6.72. The Labute approximate surface area is 128 Å². The van der Waals surface area contributed by atoms with Crippen molar-refractivity contribution in [3.8, 4) is 28.4 Å². The van der Waals surface area contributed by atoms with Crippen molar-refractivity contribution >= 4 is 5.69 Å². The first-order chi connectivity index (χ1) is 10.7. The molecule has 2 aromatic carbocycles. The van der Waals surface area contributed by atoms with Gasteiger partial charge in [0.15, 0.2) is 0 Å². The van der Waals surface area contributed by atoms with Crippen molar-refractivity contribution in [2.24, 2.45) is 0 Å². The van der Waals surface area contributed by atoms with E-state index in [4.69, 9.17) is 15.2 Å². The van der Waals surface area contributed by atoms with E-state index in [0.29, 0.717) is 22.9 Å². The maximum atomic E-state index is 5.98. The SMILES string of the molecule is COc1ccc(OC)c(-n2cc(-c3ccccc3N)nn2)c1. The summed E-state index contributed by atoms with van der Waals surface area (Å²) in [5.74, 6) is 1.39. The van der Waals surface area contributed by atoms with Gasteiger partial charge < -0.3 is 15.2 Å². The largest absolute Gasteiger partial charge is 0.497 e. The van der Waals surface area contributed by atoms with Gasteiger partial charge in [0.05, 0.1) is 20.4 Å². The quantitative estimate of drug-likeness (QED) is 0.749. The maximum Gasteiger partial charge on any atom is 0.144 e. The fourth-order valence-corrected chi connectivity index (χ4v) is 2.21. The Balaban J connectivity index is 2.06. The number of hydrogen-bond donors (Lipinski definition) is 1. The van der Waals surface area contributed by atoms with Crippen molar-refractivity contribution in [3.63, 3.8) is 0 Å². The van der Waals surface area contributed by atoms with Crippen LogP contribution in [0.1, 0.15) is 0 Å². The number of ether oxygens (including phenoxy) is 2. The monoisotopic (exact) mass is 296 g/mol. The van der Waals surface area contributed by atoms with Gasteiger partial charge >= 0.3 is 0 Å². The van der Waals surface area contributed by atoms with E-state index in [-0.39, 0.29) is 0 Å². The van der Waals surface area contributed by atoms with E-state index in [1.807, 2.05) is 48.7 Å². The molecule has 1 aromatic heterocycles. The first kappa shape index (κ1) is 13.9. The molecule has 0 atom stereocenters. The van der Waals surface area contributed by atoms with Crippen LogP contribution in [0.3, 0.4) is 0 Å². The molecule has 3 aromatic rings. The molecule has 0 amide bonds. The van der Waals surface area contributed by atoms with Crippen LogP contribution in [0.15, 0.2) is 48.7 Å². The highest BCUT2D eigenvalue weighted by Crippen LogP contribution is 2.29. The van der Waals surface area contributed by atoms with Crippen molar-refractivity contribution in [1.82, 2.24) is 15.0 Å². The van der Waals surface area contributed by atoms with Crippen molar-refractivity contribution < 1.29 is 9.47 Å². The second-order valence-corrected chi connectivity index (χ2v) is 4.67. The molecule has 0 aliphatic heterocycles. The summed E-state index contributed by atoms with van der Waals surface area (Å²) in [5.41, 5.74) is 8.93. The molecule has 3 rings (SSSR count). The number of para-hydroxylation sites is 1. The van der Waals surface area contributed by atoms with Gasteiger partial charge in [0.1, 0.15) is 22.9 Å². The molecule has 0 unspecified atom stereocenters. The number of nitrogen functional groups attached to an aromatic ring is 1. The van der Waals surface area contributed by atoms with Gasteiger partial charge in [0, 0.05) is 17.3 Å². The van der Waals surface area contributed by atoms with Gasteiger partial charge in [0.2, 0.25) is 0 Å². The van der Waals surface area contributed by atoms with Gasteiger partial charge in [-0.2, -0.15) is 0 Å². The summed E-state index contributed by atoms with van der Waals surface area (Å²) in [5, 5.41) is 8.35. The van der Waals surface area contributed by atoms with Gasteiger partial charge in [-0.15, -0.1) is 5.10 Å². The first-order valence-corrected chi connectivity index (χ1v) is 6.72. The summed E-state index contributed by atoms with van der Waals surface area (Å²) >= 11 is 0. The third kappa shape index (κ3) is 2.46. The van der Waals surface area contributed by atoms with Gasteiger partial charge in [-0.1, -0.05) is 23.4 Å². The molecular formula is C16H16N4O2. The lowest BCUT2D eigenvalue weighted by Gasteiger charge is -2.09. The highest BCUT2D eigenvalue weighted by atomic mass is 16.5. The highest BCUT2D eigenvalue weighted by molar-refractivity contribution is 5.73. The Hall–Kier alpha value is -3.02. The fraction of sp³-hybridized carbons (Fsp3) is 0.125. The molecular weight excluding hydrogens is 280 g/mol. The standard InChI is InChI=1S/C16H16N4O2/c1-21-11-7-8-16(22-2)15(9-11)20-10-14(18-19-20)12-5-3-4-6-13(12)17/h3-10H,17H2,1-2H3. The average molecular weight is 296 g/mol. The molecule has 0 aliphatic rings. The number of methoxy groups -OCH3 is 2. The summed E-state index contributed by atoms with van der Waals surface area (Å²) < 4.78 is 12.3. The van der Waals surface area contributed by atoms with Crippen molar-refractivity contribution in [1.29, 1.82) is 0 Å². The summed E-state index contributed by atoms with van der Waals surface area (Å²) in [6.45, 7) is 0. The topological polar surface area (TPSA) is 75.2 Å². The Kier molecular flexibility index (Phi) is 3.65. The molecule has 0 aliphatic carbocycles. The number of hydrogen-bond acceptors (Lipinski definition) is 5. The van der Waals surface area contributed by atoms with Crippen molar-refractivity contribution in [2.45, 2.75) is 0 Å². The van der Waals surface area contributed by atoms with Crippen LogP contribution in [-0.2, 0) is 0 Å². The molecule has 1 heterocycles. The van der Waals surface area contributed by atoms with Crippen LogP contribution >= 0.6 is 0 Å². The molecule has 6 nitrogen and oxygen atoms in total. The Bertz CT molecular complexity index is 798. The minimum absolute atomic E-state index is 0.659. The summed E-state index contributed by atoms with van der Waals surface area (Å²) in [4.78, 5) is 0. The van der Waals surface area contributed by atoms with Crippen LogP contribution in [0.5, 0.6) is 11.5 Å². The molecule has 0 bridgehead atoms. The molecule has 0 saturated heterocycles. The zero-order valence-electron chi connectivity index (χ0n) is 12.4. The molecule has 2 N–H and O–H groups in total. The average Bonchev–Trinajstić information content (AvgIpc) is 3.04. The van der Waals surface area contributed by atoms with Crippen LogP contribution in [0.2, 0.25) is 0 Å². The third-order valence-corrected chi connectivity index (χ3v) is 3.36. The van der Waals surface area contributed by atoms with Crippen LogP contribution in [0, 0.1) is 0 Å². The number of rotatable bonds is 4. The number of nitrogens with two attached hydrogens (primary N) is 1. The Morgan fingerprint density at radius 1 is 1.05 bits per heavy atom. The van der Waals surface area contributed by atoms with E-state index in [1.165, 1.54) is 0 Å². The van der Waals surface area contributed by atoms with E-state index in [9.17, 15) is 0 Å². The molecule has 0 radical (unpaired) electrons. The molecule has 112 valence electrons. The highest BCUT2D eigenvalue weighted by Gasteiger charge is 2.12. The van der Waals surface area contributed by atoms with Gasteiger partial charge in [-0.3, -0.25) is 0 Å². The number of benzene rings is 2. The van der Waals surface area contributed by atoms with Crippen LogP contribution < -0.4 is 15.2 Å². The van der Waals surface area contributed by atoms with E-state index in [2.05, 4.69) is 10.3 Å². The summed E-state index contributed by atoms with van der Waals surface area (Å²) in [6, 6.07) is 13.0. The lowest BCUT2D eigenvalue weighted by Crippen LogP contribution is -1.99. The lowest BCUT2D eigenvalue weighted by molar-refractivity contribution is 0.400. The van der Waals surface area contributed by atoms with Crippen LogP contribution in [-0.4, -0.2) is 29.2 Å². The minimum atomic E-state index is 0.659. The predicted molar refractivity (Wildman–Crippen MR) is 84.3 cm³/mol. The van der Waals surface area contributed by atoms with Crippen molar-refractivity contribution in [2.75, 3.05) is 20.0 Å². The molecule has 0 saturated carbocycles. The predicted octanol–water partition coefficient (Wildman–Crippen LogP) is 2.53. The van der Waals surface area contributed by atoms with E-state index < -0.39 is 0 Å². The number of aromatic nitrogens is 3. The zero-order valence-corrected chi connectivity index (χ0v) is 12.4. The fourth-order valence-electron chi connectivity index (χ4n) is 2.21. The van der Waals surface area contributed by atoms with Gasteiger partial charge in [-0.25, -0.2) is 4.68 Å². The number of nitrogens with zero attached hydrogens (tertiary/aromatic N) is 3. The van der Waals surface area contributed by atoms with Crippen LogP contribution in [0.25, 0.3) is 16.9 Å². The van der Waals surface area contributed by atoms with Gasteiger partial charge in [-0.05, 0) is 18.2 Å². The lowest BCUT2D eigenvalue weighted by atomic mass is 10.1. The van der Waals surface area contributed by atoms with Crippen LogP contribution in [0.4, 0.5) is 5.69 Å². The molecule has 6 heteroatoms. The van der Waals surface area contributed by atoms with E-state index >= 15 is 0 Å². The third-order valence-electron chi connectivity index (χ3n) is 3.36. The number of anilines is 1. The summed E-state index contributed by atoms with van der Waals surface area (Å²) in [7, 11) is 3.22. The molecule has 0 fully saturated rings. The summed E-state index contributed by atoms with van der Waals surface area (Å²) in [6.07, 6.45) is 1.81. The molecule has 22 heavy (non-hydrogen) atoms. The second kappa shape index (κ2) is 5.77. The van der Waals surface area contributed by atoms with E-state index in [0.717, 1.165) is 11.3 Å². The Morgan fingerprint density at radius 2 is 1.86 bits per heavy atom. The molecule has 0 spiro atoms.